The quantitative estimate of drug-likeness (QED) is 0.273. The average molecular weight is 503 g/mol. The smallest absolute Gasteiger partial charge is 0.251 e. The Bertz CT molecular complexity index is 618. The molecule has 1 saturated heterocycles. The molecule has 1 aromatic carbocycles. The van der Waals surface area contributed by atoms with Gasteiger partial charge >= 0.3 is 0 Å². The molecule has 1 aliphatic heterocycles. The van der Waals surface area contributed by atoms with Crippen LogP contribution < -0.4 is 16.0 Å². The molecule has 8 heteroatoms. The Morgan fingerprint density at radius 1 is 1.29 bits per heavy atom. The summed E-state index contributed by atoms with van der Waals surface area (Å²) in [5, 5.41) is 9.53. The third-order valence-corrected chi connectivity index (χ3v) is 4.32. The molecule has 0 aliphatic carbocycles. The van der Waals surface area contributed by atoms with Gasteiger partial charge in [-0.15, -0.1) is 24.0 Å². The minimum absolute atomic E-state index is 0. The van der Waals surface area contributed by atoms with Crippen molar-refractivity contribution >= 4 is 35.8 Å². The van der Waals surface area contributed by atoms with Crippen LogP contribution in [-0.2, 0) is 11.3 Å². The van der Waals surface area contributed by atoms with Crippen LogP contribution in [-0.4, -0.2) is 69.8 Å². The summed E-state index contributed by atoms with van der Waals surface area (Å²) in [6.07, 6.45) is 2.49. The van der Waals surface area contributed by atoms with Gasteiger partial charge in [-0.05, 0) is 51.6 Å². The lowest BCUT2D eigenvalue weighted by Crippen LogP contribution is -2.41. The van der Waals surface area contributed by atoms with E-state index in [1.807, 2.05) is 50.2 Å². The summed E-state index contributed by atoms with van der Waals surface area (Å²) >= 11 is 0. The minimum atomic E-state index is -0.0499. The molecule has 1 aliphatic rings. The molecule has 0 bridgehead atoms. The van der Waals surface area contributed by atoms with E-state index in [4.69, 9.17) is 4.74 Å². The fourth-order valence-electron chi connectivity index (χ4n) is 2.83. The Balaban J connectivity index is 0.00000392. The van der Waals surface area contributed by atoms with E-state index < -0.39 is 0 Å². The van der Waals surface area contributed by atoms with Gasteiger partial charge in [0.1, 0.15) is 0 Å². The Kier molecular flexibility index (Phi) is 12.1. The zero-order valence-electron chi connectivity index (χ0n) is 17.2. The summed E-state index contributed by atoms with van der Waals surface area (Å²) in [6.45, 7) is 6.42. The maximum absolute atomic E-state index is 12.3. The Labute approximate surface area is 185 Å². The van der Waals surface area contributed by atoms with Crippen molar-refractivity contribution < 1.29 is 9.53 Å². The molecule has 1 amide bonds. The zero-order chi connectivity index (χ0) is 19.5. The monoisotopic (exact) mass is 503 g/mol. The number of amides is 1. The van der Waals surface area contributed by atoms with Crippen molar-refractivity contribution in [3.8, 4) is 0 Å². The second-order valence-electron chi connectivity index (χ2n) is 6.97. The summed E-state index contributed by atoms with van der Waals surface area (Å²) in [7, 11) is 3.97. The molecule has 0 radical (unpaired) electrons. The van der Waals surface area contributed by atoms with Crippen LogP contribution in [0.25, 0.3) is 0 Å². The van der Waals surface area contributed by atoms with Crippen molar-refractivity contribution in [1.82, 2.24) is 20.9 Å². The van der Waals surface area contributed by atoms with Gasteiger partial charge in [-0.25, -0.2) is 4.99 Å². The van der Waals surface area contributed by atoms with Crippen molar-refractivity contribution in [2.24, 2.45) is 4.99 Å². The fraction of sp³-hybridized carbons (Fsp3) is 0.600. The molecule has 28 heavy (non-hydrogen) atoms. The Morgan fingerprint density at radius 2 is 2.11 bits per heavy atom. The summed E-state index contributed by atoms with van der Waals surface area (Å²) in [6, 6.07) is 7.62. The zero-order valence-corrected chi connectivity index (χ0v) is 19.5. The van der Waals surface area contributed by atoms with Gasteiger partial charge in [-0.2, -0.15) is 0 Å². The van der Waals surface area contributed by atoms with Gasteiger partial charge in [-0.3, -0.25) is 4.79 Å². The van der Waals surface area contributed by atoms with Crippen LogP contribution in [0, 0.1) is 0 Å². The van der Waals surface area contributed by atoms with Gasteiger partial charge in [0.25, 0.3) is 5.91 Å². The molecule has 158 valence electrons. The number of guanidine groups is 1. The van der Waals surface area contributed by atoms with Crippen molar-refractivity contribution in [3.05, 3.63) is 35.4 Å². The number of nitrogens with zero attached hydrogens (tertiary/aromatic N) is 2. The van der Waals surface area contributed by atoms with E-state index in [9.17, 15) is 4.79 Å². The highest BCUT2D eigenvalue weighted by Gasteiger charge is 2.15. The second-order valence-corrected chi connectivity index (χ2v) is 6.97. The number of carbonyl (C=O) groups is 1. The number of likely N-dealkylation sites (N-methyl/N-ethyl adjacent to an activating group) is 1. The number of halogens is 1. The number of benzene rings is 1. The lowest BCUT2D eigenvalue weighted by molar-refractivity contribution is 0.0951. The van der Waals surface area contributed by atoms with Gasteiger partial charge in [0.15, 0.2) is 5.96 Å². The number of ether oxygens (including phenoxy) is 1. The maximum Gasteiger partial charge on any atom is 0.251 e. The molecule has 3 N–H and O–H groups in total. The summed E-state index contributed by atoms with van der Waals surface area (Å²) in [5.41, 5.74) is 1.67. The maximum atomic E-state index is 12.3. The van der Waals surface area contributed by atoms with Crippen LogP contribution in [0.2, 0.25) is 0 Å². The van der Waals surface area contributed by atoms with Gasteiger partial charge in [-0.1, -0.05) is 12.1 Å². The van der Waals surface area contributed by atoms with E-state index in [1.54, 1.807) is 0 Å². The predicted octanol–water partition coefficient (Wildman–Crippen LogP) is 1.83. The molecule has 0 saturated carbocycles. The molecule has 1 aromatic rings. The van der Waals surface area contributed by atoms with Crippen molar-refractivity contribution in [3.63, 3.8) is 0 Å². The molecular weight excluding hydrogens is 469 g/mol. The number of carbonyl (C=O) groups excluding carboxylic acids is 1. The summed E-state index contributed by atoms with van der Waals surface area (Å²) < 4.78 is 5.64. The SMILES string of the molecule is CCNC(=NCc1cccc(C(=O)NCCN(C)C)c1)NCC1CCCO1.I. The van der Waals surface area contributed by atoms with Crippen LogP contribution in [0.1, 0.15) is 35.7 Å². The first-order valence-corrected chi connectivity index (χ1v) is 9.74. The number of hydrogen-bond acceptors (Lipinski definition) is 4. The van der Waals surface area contributed by atoms with E-state index in [2.05, 4.69) is 20.9 Å². The van der Waals surface area contributed by atoms with Gasteiger partial charge in [0.05, 0.1) is 12.6 Å². The van der Waals surface area contributed by atoms with Crippen LogP contribution in [0.4, 0.5) is 0 Å². The molecule has 1 heterocycles. The lowest BCUT2D eigenvalue weighted by Gasteiger charge is -2.15. The molecule has 1 unspecified atom stereocenters. The molecule has 1 fully saturated rings. The molecule has 0 aromatic heterocycles. The van der Waals surface area contributed by atoms with Crippen LogP contribution >= 0.6 is 24.0 Å². The predicted molar refractivity (Wildman–Crippen MR) is 125 cm³/mol. The van der Waals surface area contributed by atoms with Gasteiger partial charge in [0, 0.05) is 38.3 Å². The first-order valence-electron chi connectivity index (χ1n) is 9.74. The largest absolute Gasteiger partial charge is 0.376 e. The first-order chi connectivity index (χ1) is 13.1. The highest BCUT2D eigenvalue weighted by atomic mass is 127. The van der Waals surface area contributed by atoms with Gasteiger partial charge < -0.3 is 25.6 Å². The summed E-state index contributed by atoms with van der Waals surface area (Å²) in [4.78, 5) is 18.9. The number of nitrogens with one attached hydrogen (secondary N) is 3. The summed E-state index contributed by atoms with van der Waals surface area (Å²) in [5.74, 6) is 0.722. The van der Waals surface area contributed by atoms with Crippen molar-refractivity contribution in [1.29, 1.82) is 0 Å². The second kappa shape index (κ2) is 13.7. The molecule has 7 nitrogen and oxygen atoms in total. The van der Waals surface area contributed by atoms with E-state index in [1.165, 1.54) is 0 Å². The topological polar surface area (TPSA) is 78.0 Å². The van der Waals surface area contributed by atoms with E-state index in [-0.39, 0.29) is 36.0 Å². The van der Waals surface area contributed by atoms with Crippen LogP contribution in [0.3, 0.4) is 0 Å². The molecular formula is C20H34IN5O2. The van der Waals surface area contributed by atoms with E-state index in [0.29, 0.717) is 18.7 Å². The fourth-order valence-corrected chi connectivity index (χ4v) is 2.83. The number of rotatable bonds is 9. The van der Waals surface area contributed by atoms with Crippen LogP contribution in [0.5, 0.6) is 0 Å². The lowest BCUT2D eigenvalue weighted by atomic mass is 10.1. The molecule has 0 spiro atoms. The molecule has 1 atom stereocenters. The number of hydrogen-bond donors (Lipinski definition) is 3. The standard InChI is InChI=1S/C20H33N5O2.HI/c1-4-21-20(24-15-18-9-6-12-27-18)23-14-16-7-5-8-17(13-16)19(26)22-10-11-25(2)3;/h5,7-8,13,18H,4,6,9-12,14-15H2,1-3H3,(H,22,26)(H2,21,23,24);1H. The van der Waals surface area contributed by atoms with Crippen molar-refractivity contribution in [2.75, 3.05) is 46.9 Å². The highest BCUT2D eigenvalue weighted by Crippen LogP contribution is 2.10. The minimum Gasteiger partial charge on any atom is -0.376 e. The van der Waals surface area contributed by atoms with Gasteiger partial charge in [0.2, 0.25) is 0 Å². The Hall–Kier alpha value is -1.39. The van der Waals surface area contributed by atoms with Crippen LogP contribution in [0.15, 0.2) is 29.3 Å². The molecule has 2 rings (SSSR count). The van der Waals surface area contributed by atoms with Crippen molar-refractivity contribution in [2.45, 2.75) is 32.4 Å². The first kappa shape index (κ1) is 24.6. The highest BCUT2D eigenvalue weighted by molar-refractivity contribution is 14.0. The number of aliphatic imine (C=N–C) groups is 1. The normalized spacial score (nSPS) is 16.6. The average Bonchev–Trinajstić information content (AvgIpc) is 3.17. The Morgan fingerprint density at radius 3 is 2.79 bits per heavy atom. The third-order valence-electron chi connectivity index (χ3n) is 4.32. The van der Waals surface area contributed by atoms with E-state index in [0.717, 1.165) is 50.6 Å². The third kappa shape index (κ3) is 9.20. The van der Waals surface area contributed by atoms with E-state index >= 15 is 0 Å².